The van der Waals surface area contributed by atoms with Gasteiger partial charge in [0.15, 0.2) is 0 Å². The SMILES string of the molecule is CCCCCCCCCc1ccc(CCC2CCC(CCCCCCCCC)CC2)c(C)c1. The molecule has 1 aromatic carbocycles. The lowest BCUT2D eigenvalue weighted by molar-refractivity contribution is 0.248. The predicted molar refractivity (Wildman–Crippen MR) is 149 cm³/mol. The second kappa shape index (κ2) is 18.5. The Morgan fingerprint density at radius 1 is 0.576 bits per heavy atom. The molecule has 0 bridgehead atoms. The minimum atomic E-state index is 0.988. The number of unbranched alkanes of at least 4 members (excludes halogenated alkanes) is 12. The van der Waals surface area contributed by atoms with Crippen LogP contribution in [0.1, 0.15) is 159 Å². The molecule has 0 nitrogen and oxygen atoms in total. The molecule has 0 N–H and O–H groups in total. The van der Waals surface area contributed by atoms with Crippen LogP contribution in [0.15, 0.2) is 18.2 Å². The van der Waals surface area contributed by atoms with Gasteiger partial charge in [0, 0.05) is 0 Å². The Balaban J connectivity index is 1.54. The third-order valence-electron chi connectivity index (χ3n) is 8.48. The molecule has 0 atom stereocenters. The van der Waals surface area contributed by atoms with Crippen molar-refractivity contribution in [1.82, 2.24) is 0 Å². The monoisotopic (exact) mass is 454 g/mol. The molecule has 2 rings (SSSR count). The van der Waals surface area contributed by atoms with Gasteiger partial charge >= 0.3 is 0 Å². The van der Waals surface area contributed by atoms with E-state index in [1.54, 1.807) is 16.7 Å². The first-order chi connectivity index (χ1) is 16.2. The summed E-state index contributed by atoms with van der Waals surface area (Å²) in [6, 6.07) is 7.38. The molecule has 0 saturated heterocycles. The summed E-state index contributed by atoms with van der Waals surface area (Å²) in [7, 11) is 0. The Bertz CT molecular complexity index is 578. The first-order valence-electron chi connectivity index (χ1n) is 15.3. The second-order valence-electron chi connectivity index (χ2n) is 11.5. The van der Waals surface area contributed by atoms with E-state index in [1.807, 2.05) is 0 Å². The standard InChI is InChI=1S/C33H58/c1-4-6-8-10-12-14-16-18-30-20-22-31(23-21-30)24-26-33-27-25-32(28-29(33)3)19-17-15-13-11-9-7-5-2/h25,27-28,30-31H,4-24,26H2,1-3H3. The molecule has 1 aliphatic rings. The third-order valence-corrected chi connectivity index (χ3v) is 8.48. The van der Waals surface area contributed by atoms with E-state index in [9.17, 15) is 0 Å². The van der Waals surface area contributed by atoms with E-state index in [4.69, 9.17) is 0 Å². The number of benzene rings is 1. The topological polar surface area (TPSA) is 0 Å². The van der Waals surface area contributed by atoms with Crippen molar-refractivity contribution >= 4 is 0 Å². The summed E-state index contributed by atoms with van der Waals surface area (Å²) >= 11 is 0. The Kier molecular flexibility index (Phi) is 16.0. The van der Waals surface area contributed by atoms with Crippen LogP contribution in [0.3, 0.4) is 0 Å². The zero-order chi connectivity index (χ0) is 23.6. The molecular formula is C33H58. The first kappa shape index (κ1) is 28.5. The predicted octanol–water partition coefficient (Wildman–Crippen LogP) is 11.2. The average molecular weight is 455 g/mol. The van der Waals surface area contributed by atoms with Gasteiger partial charge in [0.05, 0.1) is 0 Å². The lowest BCUT2D eigenvalue weighted by atomic mass is 9.77. The summed E-state index contributed by atoms with van der Waals surface area (Å²) in [6.45, 7) is 6.96. The van der Waals surface area contributed by atoms with Crippen molar-refractivity contribution in [2.24, 2.45) is 11.8 Å². The van der Waals surface area contributed by atoms with Gasteiger partial charge in [-0.3, -0.25) is 0 Å². The smallest absolute Gasteiger partial charge is 0.0274 e. The normalized spacial score (nSPS) is 18.6. The van der Waals surface area contributed by atoms with Crippen LogP contribution in [-0.4, -0.2) is 0 Å². The van der Waals surface area contributed by atoms with Gasteiger partial charge in [-0.2, -0.15) is 0 Å². The van der Waals surface area contributed by atoms with Crippen molar-refractivity contribution in [3.8, 4) is 0 Å². The highest BCUT2D eigenvalue weighted by Crippen LogP contribution is 2.34. The van der Waals surface area contributed by atoms with Gasteiger partial charge in [-0.15, -0.1) is 0 Å². The maximum atomic E-state index is 2.49. The van der Waals surface area contributed by atoms with Crippen molar-refractivity contribution < 1.29 is 0 Å². The van der Waals surface area contributed by atoms with Crippen molar-refractivity contribution in [2.45, 2.75) is 162 Å². The molecule has 1 saturated carbocycles. The van der Waals surface area contributed by atoms with E-state index in [0.717, 1.165) is 11.8 Å². The molecule has 0 spiro atoms. The van der Waals surface area contributed by atoms with Crippen molar-refractivity contribution in [3.63, 3.8) is 0 Å². The van der Waals surface area contributed by atoms with Crippen LogP contribution in [0.4, 0.5) is 0 Å². The Morgan fingerprint density at radius 2 is 1.09 bits per heavy atom. The largest absolute Gasteiger partial charge is 0.0654 e. The molecule has 0 radical (unpaired) electrons. The summed E-state index contributed by atoms with van der Waals surface area (Å²) in [6.07, 6.45) is 31.6. The molecule has 1 aliphatic carbocycles. The second-order valence-corrected chi connectivity index (χ2v) is 11.5. The number of hydrogen-bond acceptors (Lipinski definition) is 0. The molecule has 0 unspecified atom stereocenters. The van der Waals surface area contributed by atoms with Gasteiger partial charge in [-0.25, -0.2) is 0 Å². The quantitative estimate of drug-likeness (QED) is 0.182. The summed E-state index contributed by atoms with van der Waals surface area (Å²) in [4.78, 5) is 0. The summed E-state index contributed by atoms with van der Waals surface area (Å²) < 4.78 is 0. The maximum absolute atomic E-state index is 2.49. The first-order valence-corrected chi connectivity index (χ1v) is 15.3. The number of aryl methyl sites for hydroxylation is 3. The summed E-state index contributed by atoms with van der Waals surface area (Å²) in [5.41, 5.74) is 4.72. The highest BCUT2D eigenvalue weighted by Gasteiger charge is 2.20. The lowest BCUT2D eigenvalue weighted by Crippen LogP contribution is -2.15. The Hall–Kier alpha value is -0.780. The van der Waals surface area contributed by atoms with Crippen LogP contribution in [0.5, 0.6) is 0 Å². The third kappa shape index (κ3) is 13.0. The number of hydrogen-bond donors (Lipinski definition) is 0. The van der Waals surface area contributed by atoms with Gasteiger partial charge in [0.1, 0.15) is 0 Å². The van der Waals surface area contributed by atoms with Crippen LogP contribution in [0, 0.1) is 18.8 Å². The van der Waals surface area contributed by atoms with E-state index in [-0.39, 0.29) is 0 Å². The van der Waals surface area contributed by atoms with Gasteiger partial charge in [-0.1, -0.05) is 148 Å². The lowest BCUT2D eigenvalue weighted by Gasteiger charge is -2.28. The fourth-order valence-corrected chi connectivity index (χ4v) is 6.04. The van der Waals surface area contributed by atoms with Crippen LogP contribution in [-0.2, 0) is 12.8 Å². The van der Waals surface area contributed by atoms with E-state index in [0.29, 0.717) is 0 Å². The summed E-state index contributed by atoms with van der Waals surface area (Å²) in [5, 5.41) is 0. The Morgan fingerprint density at radius 3 is 1.67 bits per heavy atom. The van der Waals surface area contributed by atoms with Gasteiger partial charge in [0.2, 0.25) is 0 Å². The Labute approximate surface area is 208 Å². The highest BCUT2D eigenvalue weighted by molar-refractivity contribution is 5.31. The molecule has 0 heterocycles. The minimum Gasteiger partial charge on any atom is -0.0654 e. The molecule has 0 amide bonds. The average Bonchev–Trinajstić information content (AvgIpc) is 2.83. The summed E-state index contributed by atoms with van der Waals surface area (Å²) in [5.74, 6) is 2.03. The molecule has 0 aromatic heterocycles. The van der Waals surface area contributed by atoms with E-state index in [1.165, 1.54) is 141 Å². The van der Waals surface area contributed by atoms with Gasteiger partial charge in [0.25, 0.3) is 0 Å². The van der Waals surface area contributed by atoms with Crippen molar-refractivity contribution in [1.29, 1.82) is 0 Å². The molecule has 1 fully saturated rings. The van der Waals surface area contributed by atoms with Crippen LogP contribution in [0.25, 0.3) is 0 Å². The fourth-order valence-electron chi connectivity index (χ4n) is 6.04. The van der Waals surface area contributed by atoms with Crippen molar-refractivity contribution in [3.05, 3.63) is 34.9 Å². The molecule has 0 heteroatoms. The zero-order valence-electron chi connectivity index (χ0n) is 22.9. The maximum Gasteiger partial charge on any atom is -0.0274 e. The molecule has 190 valence electrons. The van der Waals surface area contributed by atoms with E-state index < -0.39 is 0 Å². The van der Waals surface area contributed by atoms with Crippen LogP contribution < -0.4 is 0 Å². The van der Waals surface area contributed by atoms with Crippen LogP contribution in [0.2, 0.25) is 0 Å². The highest BCUT2D eigenvalue weighted by atomic mass is 14.3. The zero-order valence-corrected chi connectivity index (χ0v) is 22.9. The fraction of sp³-hybridized carbons (Fsp3) is 0.818. The van der Waals surface area contributed by atoms with E-state index >= 15 is 0 Å². The molecule has 1 aromatic rings. The van der Waals surface area contributed by atoms with Crippen molar-refractivity contribution in [2.75, 3.05) is 0 Å². The van der Waals surface area contributed by atoms with E-state index in [2.05, 4.69) is 39.0 Å². The van der Waals surface area contributed by atoms with Gasteiger partial charge in [-0.05, 0) is 61.1 Å². The van der Waals surface area contributed by atoms with Gasteiger partial charge < -0.3 is 0 Å². The minimum absolute atomic E-state index is 0.988. The molecule has 0 aliphatic heterocycles. The molecule has 33 heavy (non-hydrogen) atoms. The molecular weight excluding hydrogens is 396 g/mol. The van der Waals surface area contributed by atoms with Crippen LogP contribution >= 0.6 is 0 Å². The number of rotatable bonds is 19.